The van der Waals surface area contributed by atoms with E-state index in [9.17, 15) is 14.7 Å². The van der Waals surface area contributed by atoms with Gasteiger partial charge in [0.15, 0.2) is 6.10 Å². The third-order valence-electron chi connectivity index (χ3n) is 4.86. The Bertz CT molecular complexity index is 812. The molecule has 1 aliphatic rings. The number of amides is 1. The standard InChI is InChI=1S/C22H33N3O6S/c1-6-15-19(32)18(30-24-15)16(12-14-10-8-7-9-11-14)25(20(27)17(23)13(2)26)31-21(28)29-22(3,4)5/h7-11,13,16-19,26,32H,6,12,23H2,1-5H3/t13-,16?,17+,18?,19?/m1/s1. The van der Waals surface area contributed by atoms with Crippen LogP contribution in [0.3, 0.4) is 0 Å². The van der Waals surface area contributed by atoms with Crippen molar-refractivity contribution >= 4 is 30.4 Å². The van der Waals surface area contributed by atoms with Crippen LogP contribution in [0.25, 0.3) is 0 Å². The van der Waals surface area contributed by atoms with E-state index in [0.29, 0.717) is 12.1 Å². The van der Waals surface area contributed by atoms with Crippen molar-refractivity contribution in [3.63, 3.8) is 0 Å². The average molecular weight is 468 g/mol. The second-order valence-corrected chi connectivity index (χ2v) is 9.25. The molecule has 0 fully saturated rings. The Labute approximate surface area is 194 Å². The quantitative estimate of drug-likeness (QED) is 0.320. The summed E-state index contributed by atoms with van der Waals surface area (Å²) in [5.74, 6) is -0.791. The Morgan fingerprint density at radius 1 is 1.31 bits per heavy atom. The van der Waals surface area contributed by atoms with Gasteiger partial charge < -0.3 is 25.3 Å². The lowest BCUT2D eigenvalue weighted by atomic mass is 9.96. The smallest absolute Gasteiger partial charge is 0.427 e. The van der Waals surface area contributed by atoms with Crippen LogP contribution in [-0.4, -0.2) is 63.1 Å². The number of carbonyl (C=O) groups is 2. The second kappa shape index (κ2) is 11.0. The van der Waals surface area contributed by atoms with Crippen LogP contribution >= 0.6 is 12.6 Å². The van der Waals surface area contributed by atoms with E-state index in [1.54, 1.807) is 20.8 Å². The third-order valence-corrected chi connectivity index (χ3v) is 5.45. The van der Waals surface area contributed by atoms with Crippen molar-refractivity contribution in [2.45, 2.75) is 82.6 Å². The van der Waals surface area contributed by atoms with E-state index >= 15 is 0 Å². The van der Waals surface area contributed by atoms with Crippen molar-refractivity contribution in [1.29, 1.82) is 0 Å². The van der Waals surface area contributed by atoms with Crippen molar-refractivity contribution in [2.75, 3.05) is 0 Å². The summed E-state index contributed by atoms with van der Waals surface area (Å²) in [6.45, 7) is 8.33. The van der Waals surface area contributed by atoms with Gasteiger partial charge >= 0.3 is 6.16 Å². The zero-order valence-corrected chi connectivity index (χ0v) is 20.0. The van der Waals surface area contributed by atoms with Gasteiger partial charge in [-0.1, -0.05) is 42.4 Å². The second-order valence-electron chi connectivity index (χ2n) is 8.69. The zero-order chi connectivity index (χ0) is 24.1. The van der Waals surface area contributed by atoms with E-state index in [1.165, 1.54) is 6.92 Å². The minimum atomic E-state index is -1.33. The van der Waals surface area contributed by atoms with E-state index in [2.05, 4.69) is 17.8 Å². The van der Waals surface area contributed by atoms with Crippen LogP contribution in [0.5, 0.6) is 0 Å². The molecule has 0 aliphatic carbocycles. The Hall–Kier alpha value is -2.30. The highest BCUT2D eigenvalue weighted by atomic mass is 32.1. The lowest BCUT2D eigenvalue weighted by molar-refractivity contribution is -0.202. The van der Waals surface area contributed by atoms with E-state index in [1.807, 2.05) is 37.3 Å². The van der Waals surface area contributed by atoms with Gasteiger partial charge in [-0.05, 0) is 39.7 Å². The van der Waals surface area contributed by atoms with Gasteiger partial charge in [-0.15, -0.1) is 0 Å². The molecule has 1 heterocycles. The number of benzene rings is 1. The van der Waals surface area contributed by atoms with Gasteiger partial charge in [-0.3, -0.25) is 4.79 Å². The Morgan fingerprint density at radius 2 is 1.94 bits per heavy atom. The first-order chi connectivity index (χ1) is 14.9. The van der Waals surface area contributed by atoms with Gasteiger partial charge in [0.1, 0.15) is 17.7 Å². The molecule has 10 heteroatoms. The highest BCUT2D eigenvalue weighted by Gasteiger charge is 2.45. The van der Waals surface area contributed by atoms with Crippen molar-refractivity contribution in [1.82, 2.24) is 5.06 Å². The molecule has 9 nitrogen and oxygen atoms in total. The Morgan fingerprint density at radius 3 is 2.44 bits per heavy atom. The molecule has 5 atom stereocenters. The first-order valence-corrected chi connectivity index (χ1v) is 11.1. The monoisotopic (exact) mass is 467 g/mol. The van der Waals surface area contributed by atoms with Crippen LogP contribution in [-0.2, 0) is 25.6 Å². The SMILES string of the molecule is CCC1=NOC(C(Cc2ccccc2)N(OC(=O)OC(C)(C)C)C(=O)[C@@H](N)[C@@H](C)O)C1S. The van der Waals surface area contributed by atoms with Crippen molar-refractivity contribution in [3.05, 3.63) is 35.9 Å². The number of rotatable bonds is 7. The minimum absolute atomic E-state index is 0.260. The maximum atomic E-state index is 13.2. The lowest BCUT2D eigenvalue weighted by Crippen LogP contribution is -2.58. The summed E-state index contributed by atoms with van der Waals surface area (Å²) < 4.78 is 5.24. The highest BCUT2D eigenvalue weighted by Crippen LogP contribution is 2.28. The summed E-state index contributed by atoms with van der Waals surface area (Å²) in [7, 11) is 0. The van der Waals surface area contributed by atoms with Crippen LogP contribution in [0.1, 0.15) is 46.6 Å². The summed E-state index contributed by atoms with van der Waals surface area (Å²) >= 11 is 4.64. The predicted molar refractivity (Wildman–Crippen MR) is 123 cm³/mol. The molecule has 3 unspecified atom stereocenters. The lowest BCUT2D eigenvalue weighted by Gasteiger charge is -2.35. The fraction of sp³-hybridized carbons (Fsp3) is 0.591. The molecule has 0 bridgehead atoms. The Kier molecular flexibility index (Phi) is 8.94. The number of oxime groups is 1. The van der Waals surface area contributed by atoms with Gasteiger partial charge in [0.25, 0.3) is 5.91 Å². The molecule has 1 aromatic carbocycles. The number of nitrogens with zero attached hydrogens (tertiary/aromatic N) is 2. The number of ether oxygens (including phenoxy) is 1. The summed E-state index contributed by atoms with van der Waals surface area (Å²) in [5, 5.41) is 14.4. The molecule has 0 saturated heterocycles. The number of thiol groups is 1. The topological polar surface area (TPSA) is 124 Å². The molecule has 2 rings (SSSR count). The van der Waals surface area contributed by atoms with Crippen LogP contribution in [0, 0.1) is 0 Å². The normalized spacial score (nSPS) is 21.1. The number of aliphatic hydroxyl groups is 1. The number of hydrogen-bond acceptors (Lipinski definition) is 9. The number of hydrogen-bond donors (Lipinski definition) is 3. The minimum Gasteiger partial charge on any atom is -0.427 e. The van der Waals surface area contributed by atoms with E-state index in [-0.39, 0.29) is 6.42 Å². The highest BCUT2D eigenvalue weighted by molar-refractivity contribution is 7.82. The average Bonchev–Trinajstić information content (AvgIpc) is 3.09. The molecule has 0 saturated carbocycles. The van der Waals surface area contributed by atoms with Crippen LogP contribution < -0.4 is 5.73 Å². The summed E-state index contributed by atoms with van der Waals surface area (Å²) in [4.78, 5) is 36.8. The van der Waals surface area contributed by atoms with Gasteiger partial charge in [0.05, 0.1) is 17.1 Å². The van der Waals surface area contributed by atoms with Crippen LogP contribution in [0.15, 0.2) is 35.5 Å². The van der Waals surface area contributed by atoms with Gasteiger partial charge in [-0.2, -0.15) is 17.7 Å². The first-order valence-electron chi connectivity index (χ1n) is 10.6. The summed E-state index contributed by atoms with van der Waals surface area (Å²) in [6.07, 6.45) is -2.11. The maximum absolute atomic E-state index is 13.2. The van der Waals surface area contributed by atoms with Crippen molar-refractivity contribution in [2.24, 2.45) is 10.9 Å². The van der Waals surface area contributed by atoms with E-state index < -0.39 is 47.2 Å². The molecule has 0 aromatic heterocycles. The fourth-order valence-corrected chi connectivity index (χ4v) is 3.63. The van der Waals surface area contributed by atoms with Gasteiger partial charge in [0.2, 0.25) is 0 Å². The molecule has 3 N–H and O–H groups in total. The van der Waals surface area contributed by atoms with Crippen molar-refractivity contribution in [3.8, 4) is 0 Å². The van der Waals surface area contributed by atoms with Crippen LogP contribution in [0.4, 0.5) is 4.79 Å². The van der Waals surface area contributed by atoms with Gasteiger partial charge in [0, 0.05) is 6.42 Å². The van der Waals surface area contributed by atoms with E-state index in [4.69, 9.17) is 20.1 Å². The van der Waals surface area contributed by atoms with Crippen LogP contribution in [0.2, 0.25) is 0 Å². The molecule has 1 amide bonds. The molecule has 32 heavy (non-hydrogen) atoms. The first kappa shape index (κ1) is 26.0. The number of aliphatic hydroxyl groups excluding tert-OH is 1. The van der Waals surface area contributed by atoms with Crippen molar-refractivity contribution < 1.29 is 29.1 Å². The Balaban J connectivity index is 2.44. The molecule has 0 spiro atoms. The maximum Gasteiger partial charge on any atom is 0.534 e. The van der Waals surface area contributed by atoms with E-state index in [0.717, 1.165) is 10.6 Å². The number of hydroxylamine groups is 2. The molecule has 1 aromatic rings. The molecule has 178 valence electrons. The molecular formula is C22H33N3O6S. The van der Waals surface area contributed by atoms with Gasteiger partial charge in [-0.25, -0.2) is 4.79 Å². The molecule has 0 radical (unpaired) electrons. The zero-order valence-electron chi connectivity index (χ0n) is 19.1. The fourth-order valence-electron chi connectivity index (χ4n) is 3.15. The summed E-state index contributed by atoms with van der Waals surface area (Å²) in [5.41, 5.74) is 6.65. The molecule has 1 aliphatic heterocycles. The third kappa shape index (κ3) is 6.85. The molecular weight excluding hydrogens is 434 g/mol. The summed E-state index contributed by atoms with van der Waals surface area (Å²) in [6, 6.07) is 7.17. The predicted octanol–water partition coefficient (Wildman–Crippen LogP) is 2.46. The largest absolute Gasteiger partial charge is 0.534 e. The number of nitrogens with two attached hydrogens (primary N) is 1. The number of carbonyl (C=O) groups excluding carboxylic acids is 2.